The molecule has 6 nitrogen and oxygen atoms in total. The molecule has 0 saturated carbocycles. The van der Waals surface area contributed by atoms with E-state index in [9.17, 15) is 9.00 Å². The Morgan fingerprint density at radius 2 is 2.27 bits per heavy atom. The van der Waals surface area contributed by atoms with Crippen molar-refractivity contribution in [3.8, 4) is 0 Å². The Bertz CT molecular complexity index is 257. The lowest BCUT2D eigenvalue weighted by Gasteiger charge is -2.12. The third kappa shape index (κ3) is 7.03. The lowest BCUT2D eigenvalue weighted by molar-refractivity contribution is 0.153. The minimum atomic E-state index is -1.81. The maximum absolute atomic E-state index is 10.6. The fraction of sp³-hybridized carbons (Fsp3) is 0.750. The van der Waals surface area contributed by atoms with E-state index in [2.05, 4.69) is 15.3 Å². The van der Waals surface area contributed by atoms with Crippen molar-refractivity contribution in [2.45, 2.75) is 13.8 Å². The van der Waals surface area contributed by atoms with Crippen molar-refractivity contribution in [1.82, 2.24) is 5.32 Å². The first-order valence-electron chi connectivity index (χ1n) is 4.47. The van der Waals surface area contributed by atoms with E-state index in [1.54, 1.807) is 0 Å². The van der Waals surface area contributed by atoms with Crippen LogP contribution in [-0.4, -0.2) is 33.9 Å². The molecule has 0 aromatic carbocycles. The Kier molecular flexibility index (Phi) is 6.89. The highest BCUT2D eigenvalue weighted by atomic mass is 32.2. The summed E-state index contributed by atoms with van der Waals surface area (Å²) in [4.78, 5) is 15.0. The van der Waals surface area contributed by atoms with Crippen LogP contribution in [0.15, 0.2) is 5.16 Å². The van der Waals surface area contributed by atoms with Gasteiger partial charge in [-0.15, -0.1) is 0 Å². The third-order valence-electron chi connectivity index (χ3n) is 1.94. The predicted molar refractivity (Wildman–Crippen MR) is 58.0 cm³/mol. The van der Waals surface area contributed by atoms with Gasteiger partial charge in [0.15, 0.2) is 11.1 Å². The topological polar surface area (TPSA) is 88.0 Å². The second-order valence-corrected chi connectivity index (χ2v) is 4.18. The fourth-order valence-corrected chi connectivity index (χ4v) is 1.50. The molecule has 0 aliphatic carbocycles. The average Bonchev–Trinajstić information content (AvgIpc) is 2.16. The molecule has 0 bridgehead atoms. The molecule has 0 fully saturated rings. The molecule has 0 spiro atoms. The van der Waals surface area contributed by atoms with E-state index in [4.69, 9.17) is 4.55 Å². The second kappa shape index (κ2) is 7.36. The van der Waals surface area contributed by atoms with E-state index >= 15 is 0 Å². The van der Waals surface area contributed by atoms with Gasteiger partial charge in [-0.1, -0.05) is 19.0 Å². The summed E-state index contributed by atoms with van der Waals surface area (Å²) in [6.07, 6.45) is 0.795. The molecule has 0 heterocycles. The maximum Gasteiger partial charge on any atom is 0.433 e. The largest absolute Gasteiger partial charge is 0.433 e. The lowest BCUT2D eigenvalue weighted by atomic mass is 10.00. The molecule has 15 heavy (non-hydrogen) atoms. The first-order valence-corrected chi connectivity index (χ1v) is 5.74. The molecule has 0 aliphatic heterocycles. The van der Waals surface area contributed by atoms with E-state index in [-0.39, 0.29) is 17.6 Å². The molecule has 0 rings (SSSR count). The minimum absolute atomic E-state index is 0.00660. The van der Waals surface area contributed by atoms with Gasteiger partial charge in [-0.05, 0) is 11.8 Å². The van der Waals surface area contributed by atoms with Crippen molar-refractivity contribution in [1.29, 1.82) is 0 Å². The zero-order valence-corrected chi connectivity index (χ0v) is 9.78. The standard InChI is InChI=1S/C8H16N2O4S/c1-6(7(2)5-15(12)13)4-10-14-8(11)9-3/h4,6-7H,5H2,1-3H3,(H,9,11)(H,12,13). The summed E-state index contributed by atoms with van der Waals surface area (Å²) in [5, 5.41) is 5.69. The fourth-order valence-electron chi connectivity index (χ4n) is 0.744. The van der Waals surface area contributed by atoms with Crippen LogP contribution in [0.5, 0.6) is 0 Å². The summed E-state index contributed by atoms with van der Waals surface area (Å²) in [6, 6.07) is 0. The molecule has 0 radical (unpaired) electrons. The molecule has 88 valence electrons. The van der Waals surface area contributed by atoms with Crippen LogP contribution in [0.25, 0.3) is 0 Å². The molecular formula is C8H16N2O4S. The number of oxime groups is 1. The maximum atomic E-state index is 10.6. The number of carbonyl (C=O) groups excluding carboxylic acids is 1. The van der Waals surface area contributed by atoms with Crippen molar-refractivity contribution in [2.75, 3.05) is 12.8 Å². The van der Waals surface area contributed by atoms with Crippen molar-refractivity contribution >= 4 is 23.4 Å². The van der Waals surface area contributed by atoms with Gasteiger partial charge < -0.3 is 9.87 Å². The summed E-state index contributed by atoms with van der Waals surface area (Å²) in [6.45, 7) is 3.65. The molecule has 0 aromatic rings. The van der Waals surface area contributed by atoms with Gasteiger partial charge in [0.05, 0.1) is 5.75 Å². The van der Waals surface area contributed by atoms with Crippen molar-refractivity contribution < 1.29 is 18.4 Å². The number of hydrogen-bond donors (Lipinski definition) is 2. The quantitative estimate of drug-likeness (QED) is 0.320. The zero-order chi connectivity index (χ0) is 11.8. The van der Waals surface area contributed by atoms with Gasteiger partial charge >= 0.3 is 6.09 Å². The monoisotopic (exact) mass is 236 g/mol. The molecule has 0 saturated heterocycles. The third-order valence-corrected chi connectivity index (χ3v) is 2.75. The SMILES string of the molecule is CNC(=O)ON=CC(C)C(C)CS(=O)O. The minimum Gasteiger partial charge on any atom is -0.323 e. The molecule has 3 atom stereocenters. The summed E-state index contributed by atoms with van der Waals surface area (Å²) >= 11 is -1.81. The van der Waals surface area contributed by atoms with E-state index in [0.29, 0.717) is 0 Å². The molecule has 1 amide bonds. The van der Waals surface area contributed by atoms with Gasteiger partial charge in [0.2, 0.25) is 0 Å². The first-order chi connectivity index (χ1) is 6.97. The summed E-state index contributed by atoms with van der Waals surface area (Å²) in [7, 11) is 1.43. The Hall–Kier alpha value is -0.950. The van der Waals surface area contributed by atoms with Gasteiger partial charge in [-0.2, -0.15) is 0 Å². The van der Waals surface area contributed by atoms with Crippen LogP contribution in [0, 0.1) is 11.8 Å². The number of nitrogens with one attached hydrogen (secondary N) is 1. The molecule has 2 N–H and O–H groups in total. The van der Waals surface area contributed by atoms with Crippen LogP contribution in [0.2, 0.25) is 0 Å². The molecule has 0 aliphatic rings. The smallest absolute Gasteiger partial charge is 0.323 e. The summed E-state index contributed by atoms with van der Waals surface area (Å²) in [5.41, 5.74) is 0. The molecule has 7 heteroatoms. The van der Waals surface area contributed by atoms with Crippen LogP contribution in [0.1, 0.15) is 13.8 Å². The first kappa shape index (κ1) is 14.1. The Morgan fingerprint density at radius 3 is 2.73 bits per heavy atom. The van der Waals surface area contributed by atoms with Crippen molar-refractivity contribution in [2.24, 2.45) is 17.0 Å². The number of nitrogens with zero attached hydrogens (tertiary/aromatic N) is 1. The van der Waals surface area contributed by atoms with Gasteiger partial charge in [0.25, 0.3) is 0 Å². The normalized spacial score (nSPS) is 17.1. The van der Waals surface area contributed by atoms with Gasteiger partial charge in [0.1, 0.15) is 0 Å². The second-order valence-electron chi connectivity index (χ2n) is 3.21. The zero-order valence-electron chi connectivity index (χ0n) is 8.97. The number of hydrogen-bond acceptors (Lipinski definition) is 4. The highest BCUT2D eigenvalue weighted by molar-refractivity contribution is 7.79. The highest BCUT2D eigenvalue weighted by Gasteiger charge is 2.12. The van der Waals surface area contributed by atoms with Gasteiger partial charge in [-0.3, -0.25) is 4.84 Å². The van der Waals surface area contributed by atoms with E-state index in [1.165, 1.54) is 13.3 Å². The van der Waals surface area contributed by atoms with E-state index in [1.807, 2.05) is 13.8 Å². The van der Waals surface area contributed by atoms with Crippen LogP contribution in [0.4, 0.5) is 4.79 Å². The summed E-state index contributed by atoms with van der Waals surface area (Å²) in [5.74, 6) is 0.131. The van der Waals surface area contributed by atoms with Gasteiger partial charge in [-0.25, -0.2) is 9.00 Å². The number of carbonyl (C=O) groups is 1. The molecule has 3 unspecified atom stereocenters. The number of rotatable bonds is 5. The van der Waals surface area contributed by atoms with E-state index < -0.39 is 17.2 Å². The van der Waals surface area contributed by atoms with Crippen molar-refractivity contribution in [3.05, 3.63) is 0 Å². The molecular weight excluding hydrogens is 220 g/mol. The van der Waals surface area contributed by atoms with E-state index in [0.717, 1.165) is 0 Å². The lowest BCUT2D eigenvalue weighted by Crippen LogP contribution is -2.19. The van der Waals surface area contributed by atoms with Crippen LogP contribution < -0.4 is 5.32 Å². The Labute approximate surface area is 91.3 Å². The number of amides is 1. The van der Waals surface area contributed by atoms with Crippen molar-refractivity contribution in [3.63, 3.8) is 0 Å². The Morgan fingerprint density at radius 1 is 1.67 bits per heavy atom. The van der Waals surface area contributed by atoms with Crippen LogP contribution >= 0.6 is 0 Å². The van der Waals surface area contributed by atoms with Gasteiger partial charge in [0, 0.05) is 13.3 Å². The van der Waals surface area contributed by atoms with Crippen LogP contribution in [-0.2, 0) is 15.9 Å². The van der Waals surface area contributed by atoms with Crippen LogP contribution in [0.3, 0.4) is 0 Å². The highest BCUT2D eigenvalue weighted by Crippen LogP contribution is 2.09. The summed E-state index contributed by atoms with van der Waals surface area (Å²) < 4.78 is 19.2. The predicted octanol–water partition coefficient (Wildman–Crippen LogP) is 0.822. The Balaban J connectivity index is 3.95. The average molecular weight is 236 g/mol. The molecule has 0 aromatic heterocycles.